The summed E-state index contributed by atoms with van der Waals surface area (Å²) in [6.45, 7) is 4.44. The molecule has 0 radical (unpaired) electrons. The smallest absolute Gasteiger partial charge is 0.267 e. The second-order valence-electron chi connectivity index (χ2n) is 7.92. The Morgan fingerprint density at radius 1 is 1.40 bits per heavy atom. The molecule has 1 aromatic carbocycles. The van der Waals surface area contributed by atoms with Gasteiger partial charge in [-0.05, 0) is 48.4 Å². The summed E-state index contributed by atoms with van der Waals surface area (Å²) in [6, 6.07) is 9.22. The summed E-state index contributed by atoms with van der Waals surface area (Å²) >= 11 is 8.86. The fourth-order valence-electron chi connectivity index (χ4n) is 5.26. The number of alkyl halides is 1. The lowest BCUT2D eigenvalue weighted by Crippen LogP contribution is -2.59. The zero-order valence-corrected chi connectivity index (χ0v) is 16.7. The molecule has 1 aliphatic heterocycles. The summed E-state index contributed by atoms with van der Waals surface area (Å²) < 4.78 is 5.95. The van der Waals surface area contributed by atoms with Gasteiger partial charge in [0.2, 0.25) is 5.91 Å². The molecule has 1 spiro atoms. The molecule has 2 bridgehead atoms. The zero-order chi connectivity index (χ0) is 18.0. The normalized spacial score (nSPS) is 34.6. The van der Waals surface area contributed by atoms with Crippen molar-refractivity contribution in [3.63, 3.8) is 0 Å². The van der Waals surface area contributed by atoms with Crippen molar-refractivity contribution in [3.05, 3.63) is 35.9 Å². The third-order valence-electron chi connectivity index (χ3n) is 6.74. The maximum Gasteiger partial charge on any atom is 0.267 e. The van der Waals surface area contributed by atoms with Gasteiger partial charge in [0.15, 0.2) is 0 Å². The van der Waals surface area contributed by atoms with Gasteiger partial charge in [-0.3, -0.25) is 9.69 Å². The molecule has 4 nitrogen and oxygen atoms in total. The molecule has 2 saturated carbocycles. The number of carbonyl (C=O) groups excluding carboxylic acids is 1. The summed E-state index contributed by atoms with van der Waals surface area (Å²) in [7, 11) is 0. The van der Waals surface area contributed by atoms with Crippen molar-refractivity contribution in [2.45, 2.75) is 55.7 Å². The van der Waals surface area contributed by atoms with Gasteiger partial charge >= 0.3 is 0 Å². The summed E-state index contributed by atoms with van der Waals surface area (Å²) in [6.07, 6.45) is 1.99. The Balaban J connectivity index is 1.66. The highest BCUT2D eigenvalue weighted by molar-refractivity contribution is 9.10. The van der Waals surface area contributed by atoms with Crippen LogP contribution >= 0.6 is 28.1 Å². The molecule has 3 fully saturated rings. The van der Waals surface area contributed by atoms with E-state index in [1.54, 1.807) is 4.90 Å². The molecule has 1 saturated heterocycles. The maximum absolute atomic E-state index is 13.3. The molecule has 2 aliphatic carbocycles. The van der Waals surface area contributed by atoms with E-state index in [-0.39, 0.29) is 28.1 Å². The Labute approximate surface area is 161 Å². The van der Waals surface area contributed by atoms with E-state index in [0.717, 1.165) is 19.3 Å². The third kappa shape index (κ3) is 2.20. The predicted octanol–water partition coefficient (Wildman–Crippen LogP) is 3.57. The van der Waals surface area contributed by atoms with Gasteiger partial charge in [-0.15, -0.1) is 0 Å². The highest BCUT2D eigenvalue weighted by atomic mass is 79.9. The second-order valence-corrected chi connectivity index (χ2v) is 9.26. The van der Waals surface area contributed by atoms with Crippen LogP contribution in [0.2, 0.25) is 0 Å². The molecule has 25 heavy (non-hydrogen) atoms. The molecule has 134 valence electrons. The number of aliphatic hydroxyl groups excluding tert-OH is 1. The number of amides is 1. The number of aliphatic hydroxyl groups is 1. The number of hydrogen-bond acceptors (Lipinski definition) is 4. The molecule has 5 atom stereocenters. The molecule has 6 heteroatoms. The van der Waals surface area contributed by atoms with E-state index in [1.165, 1.54) is 0 Å². The van der Waals surface area contributed by atoms with Gasteiger partial charge in [0.1, 0.15) is 17.0 Å². The molecule has 0 unspecified atom stereocenters. The van der Waals surface area contributed by atoms with Gasteiger partial charge in [-0.25, -0.2) is 0 Å². The molecule has 4 rings (SSSR count). The average Bonchev–Trinajstić information content (AvgIpc) is 3.12. The second kappa shape index (κ2) is 5.76. The van der Waals surface area contributed by atoms with Gasteiger partial charge in [0, 0.05) is 0 Å². The van der Waals surface area contributed by atoms with Crippen LogP contribution in [0.25, 0.3) is 0 Å². The van der Waals surface area contributed by atoms with Gasteiger partial charge < -0.3 is 9.84 Å². The zero-order valence-electron chi connectivity index (χ0n) is 14.3. The maximum atomic E-state index is 13.3. The average molecular weight is 424 g/mol. The number of fused-ring (bicyclic) bond motifs is 1. The van der Waals surface area contributed by atoms with Gasteiger partial charge in [-0.2, -0.15) is 0 Å². The summed E-state index contributed by atoms with van der Waals surface area (Å²) in [4.78, 5) is 14.3. The number of ether oxygens (including phenoxy) is 1. The Morgan fingerprint density at radius 2 is 2.08 bits per heavy atom. The molecule has 1 N–H and O–H groups in total. The number of halogens is 1. The standard InChI is InChI=1S/C19H22BrNO3S/c1-18(2)12-8-9-19(18)13(10-12)24-17(25)21(19)16(23)14(20)15(22)11-6-4-3-5-7-11/h3-7,12-15,22H,8-10H2,1-2H3/t12-,13-,14-,15+,19-/m1/s1. The largest absolute Gasteiger partial charge is 0.465 e. The van der Waals surface area contributed by atoms with Crippen LogP contribution in [-0.2, 0) is 9.53 Å². The van der Waals surface area contributed by atoms with Crippen LogP contribution in [0.3, 0.4) is 0 Å². The number of nitrogens with zero attached hydrogens (tertiary/aromatic N) is 1. The minimum absolute atomic E-state index is 0.0220. The first-order valence-corrected chi connectivity index (χ1v) is 10.0. The van der Waals surface area contributed by atoms with E-state index >= 15 is 0 Å². The SMILES string of the molecule is CC1(C)[C@@H]2CC[C@@]13[C@@H](C2)OC(=S)N3C(=O)[C@H](Br)[C@@H](O)c1ccccc1. The molecule has 3 aliphatic rings. The minimum Gasteiger partial charge on any atom is -0.465 e. The fraction of sp³-hybridized carbons (Fsp3) is 0.579. The minimum atomic E-state index is -0.936. The fourth-order valence-corrected chi connectivity index (χ4v) is 6.14. The first-order valence-electron chi connectivity index (χ1n) is 8.72. The van der Waals surface area contributed by atoms with Crippen LogP contribution in [0.5, 0.6) is 0 Å². The Hall–Kier alpha value is -0.980. The van der Waals surface area contributed by atoms with E-state index in [2.05, 4.69) is 29.8 Å². The topological polar surface area (TPSA) is 49.8 Å². The van der Waals surface area contributed by atoms with Crippen molar-refractivity contribution >= 4 is 39.2 Å². The highest BCUT2D eigenvalue weighted by Crippen LogP contribution is 2.66. The van der Waals surface area contributed by atoms with Crippen molar-refractivity contribution in [3.8, 4) is 0 Å². The van der Waals surface area contributed by atoms with Crippen LogP contribution in [0.15, 0.2) is 30.3 Å². The van der Waals surface area contributed by atoms with Crippen LogP contribution in [0.4, 0.5) is 0 Å². The van der Waals surface area contributed by atoms with Gasteiger partial charge in [-0.1, -0.05) is 60.1 Å². The number of rotatable bonds is 3. The lowest BCUT2D eigenvalue weighted by atomic mass is 9.74. The van der Waals surface area contributed by atoms with Crippen molar-refractivity contribution < 1.29 is 14.6 Å². The number of thiocarbonyl (C=S) groups is 1. The molecule has 1 aromatic rings. The van der Waals surface area contributed by atoms with Crippen molar-refractivity contribution in [2.75, 3.05) is 0 Å². The van der Waals surface area contributed by atoms with Crippen molar-refractivity contribution in [1.82, 2.24) is 4.90 Å². The van der Waals surface area contributed by atoms with E-state index < -0.39 is 10.9 Å². The Morgan fingerprint density at radius 3 is 2.72 bits per heavy atom. The van der Waals surface area contributed by atoms with E-state index in [0.29, 0.717) is 11.5 Å². The van der Waals surface area contributed by atoms with E-state index in [4.69, 9.17) is 17.0 Å². The van der Waals surface area contributed by atoms with Crippen molar-refractivity contribution in [2.24, 2.45) is 11.3 Å². The van der Waals surface area contributed by atoms with E-state index in [1.807, 2.05) is 30.3 Å². The quantitative estimate of drug-likeness (QED) is 0.596. The predicted molar refractivity (Wildman–Crippen MR) is 102 cm³/mol. The lowest BCUT2D eigenvalue weighted by molar-refractivity contribution is -0.134. The van der Waals surface area contributed by atoms with Crippen LogP contribution < -0.4 is 0 Å². The number of carbonyl (C=O) groups is 1. The first kappa shape index (κ1) is 17.4. The first-order chi connectivity index (χ1) is 11.8. The number of benzene rings is 1. The molecule has 1 heterocycles. The molecular weight excluding hydrogens is 402 g/mol. The molecule has 1 amide bonds. The third-order valence-corrected chi connectivity index (χ3v) is 7.91. The monoisotopic (exact) mass is 423 g/mol. The van der Waals surface area contributed by atoms with Gasteiger partial charge in [0.25, 0.3) is 5.17 Å². The summed E-state index contributed by atoms with van der Waals surface area (Å²) in [5, 5.41) is 10.9. The van der Waals surface area contributed by atoms with E-state index in [9.17, 15) is 9.90 Å². The van der Waals surface area contributed by atoms with Crippen LogP contribution in [-0.4, -0.2) is 37.6 Å². The van der Waals surface area contributed by atoms with Crippen LogP contribution in [0, 0.1) is 11.3 Å². The van der Waals surface area contributed by atoms with Crippen molar-refractivity contribution in [1.29, 1.82) is 0 Å². The van der Waals surface area contributed by atoms with Crippen LogP contribution in [0.1, 0.15) is 44.8 Å². The lowest BCUT2D eigenvalue weighted by Gasteiger charge is -2.43. The number of hydrogen-bond donors (Lipinski definition) is 1. The Kier molecular flexibility index (Phi) is 4.02. The molecule has 0 aromatic heterocycles. The molecular formula is C19H22BrNO3S. The summed E-state index contributed by atoms with van der Waals surface area (Å²) in [5.74, 6) is 0.336. The summed E-state index contributed by atoms with van der Waals surface area (Å²) in [5.41, 5.74) is 0.278. The highest BCUT2D eigenvalue weighted by Gasteiger charge is 2.73. The Bertz CT molecular complexity index is 725. The van der Waals surface area contributed by atoms with Gasteiger partial charge in [0.05, 0.1) is 5.54 Å².